The van der Waals surface area contributed by atoms with Crippen molar-refractivity contribution in [2.24, 2.45) is 7.05 Å². The van der Waals surface area contributed by atoms with Crippen LogP contribution in [0.2, 0.25) is 0 Å². The van der Waals surface area contributed by atoms with Crippen LogP contribution in [0.25, 0.3) is 43.6 Å². The van der Waals surface area contributed by atoms with Crippen molar-refractivity contribution in [2.75, 3.05) is 20.6 Å². The van der Waals surface area contributed by atoms with Gasteiger partial charge in [-0.15, -0.1) is 0 Å². The van der Waals surface area contributed by atoms with Crippen LogP contribution in [0.15, 0.2) is 48.5 Å². The Kier molecular flexibility index (Phi) is 3.98. The predicted octanol–water partition coefficient (Wildman–Crippen LogP) is 4.27. The first-order chi connectivity index (χ1) is 15.5. The normalized spacial score (nSPS) is 13.9. The topological polar surface area (TPSA) is 59.3 Å². The van der Waals surface area contributed by atoms with Crippen molar-refractivity contribution in [2.45, 2.75) is 13.0 Å². The number of aryl methyl sites for hydroxylation is 2. The van der Waals surface area contributed by atoms with Gasteiger partial charge in [0.1, 0.15) is 0 Å². The lowest BCUT2D eigenvalue weighted by Crippen LogP contribution is -2.20. The van der Waals surface area contributed by atoms with E-state index in [1.165, 1.54) is 0 Å². The summed E-state index contributed by atoms with van der Waals surface area (Å²) in [6, 6.07) is 16.3. The first kappa shape index (κ1) is 19.1. The van der Waals surface area contributed by atoms with E-state index in [4.69, 9.17) is 0 Å². The molecule has 0 aliphatic carbocycles. The third-order valence-corrected chi connectivity index (χ3v) is 6.72. The molecule has 0 radical (unpaired) electrons. The van der Waals surface area contributed by atoms with Crippen LogP contribution in [0.4, 0.5) is 0 Å². The van der Waals surface area contributed by atoms with E-state index in [0.29, 0.717) is 11.1 Å². The highest BCUT2D eigenvalue weighted by Crippen LogP contribution is 2.44. The third-order valence-electron chi connectivity index (χ3n) is 6.72. The van der Waals surface area contributed by atoms with Gasteiger partial charge in [0.15, 0.2) is 0 Å². The Balaban J connectivity index is 1.87. The van der Waals surface area contributed by atoms with Crippen molar-refractivity contribution in [1.29, 1.82) is 0 Å². The van der Waals surface area contributed by atoms with Gasteiger partial charge in [0, 0.05) is 46.2 Å². The summed E-state index contributed by atoms with van der Waals surface area (Å²) in [5.74, 6) is -0.612. The van der Waals surface area contributed by atoms with E-state index >= 15 is 0 Å². The van der Waals surface area contributed by atoms with Crippen LogP contribution in [0, 0.1) is 0 Å². The van der Waals surface area contributed by atoms with Gasteiger partial charge in [-0.1, -0.05) is 36.4 Å². The second-order valence-corrected chi connectivity index (χ2v) is 8.88. The minimum Gasteiger partial charge on any atom is -0.342 e. The number of amides is 2. The molecule has 2 amide bonds. The molecule has 1 aliphatic heterocycles. The molecule has 0 atom stereocenters. The summed E-state index contributed by atoms with van der Waals surface area (Å²) in [5.41, 5.74) is 5.19. The summed E-state index contributed by atoms with van der Waals surface area (Å²) in [6.45, 7) is 1.79. The smallest absolute Gasteiger partial charge is 0.259 e. The zero-order valence-corrected chi connectivity index (χ0v) is 18.4. The molecule has 5 aromatic rings. The Labute approximate surface area is 185 Å². The fraction of sp³-hybridized carbons (Fsp3) is 0.231. The summed E-state index contributed by atoms with van der Waals surface area (Å²) in [4.78, 5) is 28.3. The molecule has 0 saturated carbocycles. The number of fused-ring (bicyclic) bond motifs is 10. The Morgan fingerprint density at radius 2 is 1.38 bits per heavy atom. The number of carbonyl (C=O) groups excluding carboxylic acids is 2. The van der Waals surface area contributed by atoms with E-state index in [1.54, 1.807) is 0 Å². The van der Waals surface area contributed by atoms with Crippen molar-refractivity contribution < 1.29 is 9.59 Å². The van der Waals surface area contributed by atoms with E-state index in [9.17, 15) is 9.59 Å². The Morgan fingerprint density at radius 1 is 0.812 bits per heavy atom. The van der Waals surface area contributed by atoms with E-state index in [2.05, 4.69) is 51.6 Å². The summed E-state index contributed by atoms with van der Waals surface area (Å²) < 4.78 is 4.51. The highest BCUT2D eigenvalue weighted by molar-refractivity contribution is 6.39. The average molecular weight is 425 g/mol. The maximum absolute atomic E-state index is 13.1. The average Bonchev–Trinajstić information content (AvgIpc) is 3.36. The quantitative estimate of drug-likeness (QED) is 0.438. The van der Waals surface area contributed by atoms with Crippen LogP contribution in [0.3, 0.4) is 0 Å². The minimum absolute atomic E-state index is 0.305. The summed E-state index contributed by atoms with van der Waals surface area (Å²) in [6.07, 6.45) is 0.981. The Morgan fingerprint density at radius 3 is 2.03 bits per heavy atom. The van der Waals surface area contributed by atoms with Gasteiger partial charge in [-0.05, 0) is 39.2 Å². The zero-order valence-electron chi connectivity index (χ0n) is 18.4. The molecular formula is C26H24N4O2. The Hall–Kier alpha value is -3.64. The molecule has 0 bridgehead atoms. The van der Waals surface area contributed by atoms with E-state index in [-0.39, 0.29) is 11.8 Å². The van der Waals surface area contributed by atoms with Gasteiger partial charge in [0.2, 0.25) is 0 Å². The van der Waals surface area contributed by atoms with E-state index in [0.717, 1.165) is 63.1 Å². The molecule has 3 aromatic carbocycles. The maximum atomic E-state index is 13.1. The monoisotopic (exact) mass is 424 g/mol. The first-order valence-corrected chi connectivity index (χ1v) is 10.9. The SMILES string of the molecule is CN(C)CCCn1c2ccccc2c2c3c(c4c5ccccc5n(C)c4c21)C(=O)NC3=O. The molecular weight excluding hydrogens is 400 g/mol. The number of nitrogens with zero attached hydrogens (tertiary/aromatic N) is 3. The lowest BCUT2D eigenvalue weighted by Gasteiger charge is -2.13. The van der Waals surface area contributed by atoms with Crippen molar-refractivity contribution in [3.63, 3.8) is 0 Å². The predicted molar refractivity (Wildman–Crippen MR) is 128 cm³/mol. The van der Waals surface area contributed by atoms with Crippen LogP contribution in [0.1, 0.15) is 27.1 Å². The molecule has 0 saturated heterocycles. The minimum atomic E-state index is -0.308. The highest BCUT2D eigenvalue weighted by Gasteiger charge is 2.36. The van der Waals surface area contributed by atoms with Crippen LogP contribution in [-0.2, 0) is 13.6 Å². The van der Waals surface area contributed by atoms with Crippen molar-refractivity contribution >= 4 is 55.4 Å². The second-order valence-electron chi connectivity index (χ2n) is 8.88. The number of para-hydroxylation sites is 2. The first-order valence-electron chi connectivity index (χ1n) is 10.9. The maximum Gasteiger partial charge on any atom is 0.259 e. The number of hydrogen-bond acceptors (Lipinski definition) is 3. The molecule has 6 heteroatoms. The largest absolute Gasteiger partial charge is 0.342 e. The molecule has 1 N–H and O–H groups in total. The zero-order chi connectivity index (χ0) is 22.1. The van der Waals surface area contributed by atoms with Crippen LogP contribution in [0.5, 0.6) is 0 Å². The number of benzene rings is 3. The molecule has 2 aromatic heterocycles. The number of hydrogen-bond donors (Lipinski definition) is 1. The van der Waals surface area contributed by atoms with Gasteiger partial charge in [0.25, 0.3) is 11.8 Å². The highest BCUT2D eigenvalue weighted by atomic mass is 16.2. The van der Waals surface area contributed by atoms with Gasteiger partial charge in [-0.2, -0.15) is 0 Å². The van der Waals surface area contributed by atoms with Gasteiger partial charge < -0.3 is 14.0 Å². The van der Waals surface area contributed by atoms with Gasteiger partial charge in [0.05, 0.1) is 22.2 Å². The summed E-state index contributed by atoms with van der Waals surface area (Å²) in [7, 11) is 6.21. The molecule has 0 fully saturated rings. The van der Waals surface area contributed by atoms with Crippen molar-refractivity contribution in [3.8, 4) is 0 Å². The van der Waals surface area contributed by atoms with Crippen LogP contribution < -0.4 is 5.32 Å². The fourth-order valence-electron chi connectivity index (χ4n) is 5.44. The third kappa shape index (κ3) is 2.38. The van der Waals surface area contributed by atoms with E-state index in [1.807, 2.05) is 37.4 Å². The van der Waals surface area contributed by atoms with Gasteiger partial charge in [-0.3, -0.25) is 14.9 Å². The molecule has 6 rings (SSSR count). The molecule has 0 unspecified atom stereocenters. The number of nitrogens with one attached hydrogen (secondary N) is 1. The number of imide groups is 1. The second kappa shape index (κ2) is 6.68. The van der Waals surface area contributed by atoms with Crippen molar-refractivity contribution in [1.82, 2.24) is 19.4 Å². The molecule has 32 heavy (non-hydrogen) atoms. The van der Waals surface area contributed by atoms with Crippen LogP contribution in [-0.4, -0.2) is 46.5 Å². The molecule has 6 nitrogen and oxygen atoms in total. The number of carbonyl (C=O) groups is 2. The summed E-state index contributed by atoms with van der Waals surface area (Å²) in [5, 5.41) is 6.33. The van der Waals surface area contributed by atoms with Gasteiger partial charge in [-0.25, -0.2) is 0 Å². The molecule has 160 valence electrons. The summed E-state index contributed by atoms with van der Waals surface area (Å²) >= 11 is 0. The lowest BCUT2D eigenvalue weighted by atomic mass is 9.96. The lowest BCUT2D eigenvalue weighted by molar-refractivity contribution is 0.0880. The van der Waals surface area contributed by atoms with E-state index < -0.39 is 0 Å². The fourth-order valence-corrected chi connectivity index (χ4v) is 5.44. The number of rotatable bonds is 4. The van der Waals surface area contributed by atoms with Crippen molar-refractivity contribution in [3.05, 3.63) is 59.7 Å². The number of aromatic nitrogens is 2. The molecule has 3 heterocycles. The van der Waals surface area contributed by atoms with Crippen LogP contribution >= 0.6 is 0 Å². The van der Waals surface area contributed by atoms with Gasteiger partial charge >= 0.3 is 0 Å². The molecule has 1 aliphatic rings. The molecule has 0 spiro atoms. The Bertz CT molecular complexity index is 1600. The standard InChI is InChI=1S/C26H24N4O2/c1-28(2)13-8-14-30-18-12-7-5-10-16(18)20-22-21(25(31)27-26(22)32)19-15-9-4-6-11-17(15)29(3)23(19)24(20)30/h4-7,9-12H,8,13-14H2,1-3H3,(H,27,31,32).